The maximum Gasteiger partial charge on any atom is 0.232 e. The number of ketones is 1. The molecule has 3 nitrogen and oxygen atoms in total. The number of rotatable bonds is 2. The number of amides is 1. The monoisotopic (exact) mass is 447 g/mol. The molecule has 4 rings (SSSR count). The molecule has 1 unspecified atom stereocenters. The topological polar surface area (TPSA) is 37.4 Å². The van der Waals surface area contributed by atoms with E-state index in [1.807, 2.05) is 18.2 Å². The lowest BCUT2D eigenvalue weighted by atomic mass is 9.69. The summed E-state index contributed by atoms with van der Waals surface area (Å²) in [6, 6.07) is 12.5. The number of nitrogens with zero attached hydrogens (tertiary/aromatic N) is 1. The first kappa shape index (κ1) is 20.5. The molecule has 0 fully saturated rings. The largest absolute Gasteiger partial charge is 0.294 e. The highest BCUT2D eigenvalue weighted by Crippen LogP contribution is 2.48. The van der Waals surface area contributed by atoms with E-state index in [-0.39, 0.29) is 29.4 Å². The Labute approximate surface area is 185 Å². The van der Waals surface area contributed by atoms with E-state index in [1.54, 1.807) is 29.2 Å². The summed E-state index contributed by atoms with van der Waals surface area (Å²) in [6.45, 7) is 4.10. The minimum Gasteiger partial charge on any atom is -0.294 e. The predicted octanol–water partition coefficient (Wildman–Crippen LogP) is 6.81. The summed E-state index contributed by atoms with van der Waals surface area (Å²) < 4.78 is 0. The number of carbonyl (C=O) groups is 2. The Balaban J connectivity index is 1.91. The first-order chi connectivity index (χ1) is 13.7. The van der Waals surface area contributed by atoms with E-state index in [0.717, 1.165) is 11.3 Å². The second-order valence-electron chi connectivity index (χ2n) is 8.44. The van der Waals surface area contributed by atoms with Crippen LogP contribution in [0.3, 0.4) is 0 Å². The molecular weight excluding hydrogens is 429 g/mol. The van der Waals surface area contributed by atoms with Gasteiger partial charge in [0.1, 0.15) is 0 Å². The quantitative estimate of drug-likeness (QED) is 0.506. The number of hydrogen-bond donors (Lipinski definition) is 0. The predicted molar refractivity (Wildman–Crippen MR) is 118 cm³/mol. The molecule has 0 bridgehead atoms. The average Bonchev–Trinajstić information content (AvgIpc) is 2.62. The van der Waals surface area contributed by atoms with Gasteiger partial charge in [-0.05, 0) is 47.7 Å². The second kappa shape index (κ2) is 7.46. The summed E-state index contributed by atoms with van der Waals surface area (Å²) in [5.41, 5.74) is 2.75. The van der Waals surface area contributed by atoms with Crippen LogP contribution in [0.25, 0.3) is 0 Å². The van der Waals surface area contributed by atoms with E-state index in [0.29, 0.717) is 39.2 Å². The Morgan fingerprint density at radius 1 is 0.966 bits per heavy atom. The lowest BCUT2D eigenvalue weighted by Crippen LogP contribution is -2.43. The number of hydrogen-bond acceptors (Lipinski definition) is 2. The van der Waals surface area contributed by atoms with Crippen molar-refractivity contribution in [3.8, 4) is 0 Å². The van der Waals surface area contributed by atoms with Crippen LogP contribution in [0.1, 0.15) is 44.6 Å². The number of benzene rings is 2. The van der Waals surface area contributed by atoms with Crippen LogP contribution in [-0.4, -0.2) is 11.7 Å². The number of allylic oxidation sites excluding steroid dienone is 2. The molecule has 0 N–H and O–H groups in total. The molecule has 29 heavy (non-hydrogen) atoms. The number of Topliss-reactive ketones (excluding diaryl/α,β-unsaturated/α-hetero) is 1. The maximum absolute atomic E-state index is 13.3. The van der Waals surface area contributed by atoms with E-state index >= 15 is 0 Å². The molecule has 2 aliphatic rings. The molecule has 2 aromatic carbocycles. The van der Waals surface area contributed by atoms with Crippen molar-refractivity contribution in [3.63, 3.8) is 0 Å². The third kappa shape index (κ3) is 3.84. The van der Waals surface area contributed by atoms with Crippen LogP contribution in [-0.2, 0) is 9.59 Å². The van der Waals surface area contributed by atoms with Gasteiger partial charge in [0.25, 0.3) is 0 Å². The van der Waals surface area contributed by atoms with Crippen LogP contribution in [0.15, 0.2) is 53.7 Å². The standard InChI is InChI=1S/C23H20Cl3NO2/c1-23(2)11-19-22(20(28)12-23)16(13-4-3-5-14(24)8-13)10-21(29)27(19)15-6-7-17(25)18(26)9-15/h3-9,16H,10-12H2,1-2H3. The van der Waals surface area contributed by atoms with Gasteiger partial charge in [-0.3, -0.25) is 14.5 Å². The summed E-state index contributed by atoms with van der Waals surface area (Å²) in [6.07, 6.45) is 1.27. The van der Waals surface area contributed by atoms with Gasteiger partial charge in [0.2, 0.25) is 5.91 Å². The van der Waals surface area contributed by atoms with Gasteiger partial charge in [-0.2, -0.15) is 0 Å². The van der Waals surface area contributed by atoms with Gasteiger partial charge >= 0.3 is 0 Å². The fourth-order valence-electron chi connectivity index (χ4n) is 4.35. The van der Waals surface area contributed by atoms with Crippen LogP contribution in [0.5, 0.6) is 0 Å². The van der Waals surface area contributed by atoms with Crippen molar-refractivity contribution in [2.24, 2.45) is 5.41 Å². The summed E-state index contributed by atoms with van der Waals surface area (Å²) in [4.78, 5) is 28.2. The molecule has 1 amide bonds. The average molecular weight is 449 g/mol. The normalized spacial score (nSPS) is 21.4. The highest BCUT2D eigenvalue weighted by molar-refractivity contribution is 6.42. The molecule has 2 aromatic rings. The Morgan fingerprint density at radius 3 is 2.41 bits per heavy atom. The lowest BCUT2D eigenvalue weighted by Gasteiger charge is -2.43. The molecule has 150 valence electrons. The number of carbonyl (C=O) groups excluding carboxylic acids is 2. The summed E-state index contributed by atoms with van der Waals surface area (Å²) in [7, 11) is 0. The smallest absolute Gasteiger partial charge is 0.232 e. The van der Waals surface area contributed by atoms with Crippen molar-refractivity contribution in [2.75, 3.05) is 4.90 Å². The van der Waals surface area contributed by atoms with Crippen LogP contribution < -0.4 is 4.90 Å². The Bertz CT molecular complexity index is 1060. The van der Waals surface area contributed by atoms with Crippen molar-refractivity contribution < 1.29 is 9.59 Å². The SMILES string of the molecule is CC1(C)CC(=O)C2=C(C1)N(c1ccc(Cl)c(Cl)c1)C(=O)CC2c1cccc(Cl)c1. The molecule has 1 aliphatic heterocycles. The van der Waals surface area contributed by atoms with Crippen LogP contribution in [0, 0.1) is 5.41 Å². The molecular formula is C23H20Cl3NO2. The van der Waals surface area contributed by atoms with Crippen LogP contribution >= 0.6 is 34.8 Å². The first-order valence-corrected chi connectivity index (χ1v) is 10.6. The molecule has 0 aromatic heterocycles. The van der Waals surface area contributed by atoms with Gasteiger partial charge < -0.3 is 0 Å². The minimum absolute atomic E-state index is 0.0717. The van der Waals surface area contributed by atoms with E-state index < -0.39 is 0 Å². The van der Waals surface area contributed by atoms with E-state index in [1.165, 1.54) is 0 Å². The fraction of sp³-hybridized carbons (Fsp3) is 0.304. The zero-order chi connectivity index (χ0) is 20.9. The number of halogens is 3. The maximum atomic E-state index is 13.3. The molecule has 1 heterocycles. The first-order valence-electron chi connectivity index (χ1n) is 9.46. The highest BCUT2D eigenvalue weighted by Gasteiger charge is 2.44. The second-order valence-corrected chi connectivity index (χ2v) is 9.69. The molecule has 0 spiro atoms. The zero-order valence-electron chi connectivity index (χ0n) is 16.1. The Morgan fingerprint density at radius 2 is 1.72 bits per heavy atom. The molecule has 6 heteroatoms. The summed E-state index contributed by atoms with van der Waals surface area (Å²) >= 11 is 18.5. The van der Waals surface area contributed by atoms with Crippen LogP contribution in [0.4, 0.5) is 5.69 Å². The Hall–Kier alpha value is -1.81. The molecule has 1 aliphatic carbocycles. The van der Waals surface area contributed by atoms with E-state index in [4.69, 9.17) is 34.8 Å². The van der Waals surface area contributed by atoms with Gasteiger partial charge in [-0.25, -0.2) is 0 Å². The van der Waals surface area contributed by atoms with Gasteiger partial charge in [-0.1, -0.05) is 60.8 Å². The van der Waals surface area contributed by atoms with Crippen molar-refractivity contribution in [2.45, 2.75) is 39.0 Å². The minimum atomic E-state index is -0.293. The van der Waals surface area contributed by atoms with Crippen molar-refractivity contribution in [1.29, 1.82) is 0 Å². The Kier molecular flexibility index (Phi) is 5.27. The van der Waals surface area contributed by atoms with Gasteiger partial charge in [0.15, 0.2) is 5.78 Å². The van der Waals surface area contributed by atoms with E-state index in [2.05, 4.69) is 13.8 Å². The van der Waals surface area contributed by atoms with Crippen molar-refractivity contribution in [1.82, 2.24) is 0 Å². The zero-order valence-corrected chi connectivity index (χ0v) is 18.4. The molecule has 0 saturated carbocycles. The molecule has 1 atom stereocenters. The summed E-state index contributed by atoms with van der Waals surface area (Å²) in [5.74, 6) is -0.282. The third-order valence-electron chi connectivity index (χ3n) is 5.56. The highest BCUT2D eigenvalue weighted by atomic mass is 35.5. The molecule has 0 saturated heterocycles. The third-order valence-corrected chi connectivity index (χ3v) is 6.53. The van der Waals surface area contributed by atoms with E-state index in [9.17, 15) is 9.59 Å². The fourth-order valence-corrected chi connectivity index (χ4v) is 4.84. The van der Waals surface area contributed by atoms with Gasteiger partial charge in [-0.15, -0.1) is 0 Å². The lowest BCUT2D eigenvalue weighted by molar-refractivity contribution is -0.121. The number of anilines is 1. The summed E-state index contributed by atoms with van der Waals surface area (Å²) in [5, 5.41) is 1.39. The van der Waals surface area contributed by atoms with Crippen LogP contribution in [0.2, 0.25) is 15.1 Å². The van der Waals surface area contributed by atoms with Crippen molar-refractivity contribution in [3.05, 3.63) is 74.4 Å². The van der Waals surface area contributed by atoms with Gasteiger partial charge in [0, 0.05) is 35.1 Å². The molecule has 0 radical (unpaired) electrons. The van der Waals surface area contributed by atoms with Crippen molar-refractivity contribution >= 4 is 52.2 Å². The van der Waals surface area contributed by atoms with Gasteiger partial charge in [0.05, 0.1) is 15.7 Å².